The van der Waals surface area contributed by atoms with Gasteiger partial charge >= 0.3 is 0 Å². The molecule has 0 atom stereocenters. The minimum atomic E-state index is -0.214. The highest BCUT2D eigenvalue weighted by molar-refractivity contribution is 9.10. The van der Waals surface area contributed by atoms with Crippen LogP contribution in [0.1, 0.15) is 12.7 Å². The highest BCUT2D eigenvalue weighted by Gasteiger charge is 2.24. The van der Waals surface area contributed by atoms with Crippen LogP contribution in [0.4, 0.5) is 5.69 Å². The molecule has 1 N–H and O–H groups in total. The predicted octanol–water partition coefficient (Wildman–Crippen LogP) is 6.65. The molecule has 1 aliphatic heterocycles. The quantitative estimate of drug-likeness (QED) is 0.396. The van der Waals surface area contributed by atoms with E-state index in [4.69, 9.17) is 20.8 Å². The lowest BCUT2D eigenvalue weighted by Crippen LogP contribution is -2.19. The second kappa shape index (κ2) is 9.12. The van der Waals surface area contributed by atoms with Gasteiger partial charge < -0.3 is 14.5 Å². The summed E-state index contributed by atoms with van der Waals surface area (Å²) in [6.07, 6.45) is 1.70. The summed E-state index contributed by atoms with van der Waals surface area (Å²) in [6.45, 7) is 2.54. The Kier molecular flexibility index (Phi) is 6.32. The second-order valence-electron chi connectivity index (χ2n) is 6.24. The Hall–Kier alpha value is -2.48. The van der Waals surface area contributed by atoms with Crippen molar-refractivity contribution in [2.75, 3.05) is 6.61 Å². The lowest BCUT2D eigenvalue weighted by molar-refractivity contribution is -0.115. The van der Waals surface area contributed by atoms with E-state index in [9.17, 15) is 4.79 Å². The van der Waals surface area contributed by atoms with E-state index in [0.29, 0.717) is 33.2 Å². The molecular weight excluding hydrogens is 488 g/mol. The van der Waals surface area contributed by atoms with Crippen molar-refractivity contribution in [1.82, 2.24) is 5.32 Å². The first-order valence-electron chi connectivity index (χ1n) is 9.09. The molecule has 0 radical (unpaired) electrons. The van der Waals surface area contributed by atoms with Gasteiger partial charge in [0.1, 0.15) is 17.3 Å². The van der Waals surface area contributed by atoms with Crippen LogP contribution in [0, 0.1) is 0 Å². The van der Waals surface area contributed by atoms with Crippen LogP contribution in [-0.2, 0) is 4.79 Å². The number of aliphatic imine (C=N–C) groups is 1. The first kappa shape index (κ1) is 20.8. The van der Waals surface area contributed by atoms with E-state index in [1.807, 2.05) is 61.5 Å². The summed E-state index contributed by atoms with van der Waals surface area (Å²) in [6, 6.07) is 16.6. The minimum Gasteiger partial charge on any atom is -0.494 e. The molecule has 0 spiro atoms. The number of rotatable bonds is 5. The SMILES string of the molecule is CCOc1ccc(N=C2NC(=O)/C(=C\c3ccc(-c4ccc(Br)c(Cl)c4)o3)S2)cc1. The Morgan fingerprint density at radius 3 is 2.73 bits per heavy atom. The Bertz CT molecular complexity index is 1160. The van der Waals surface area contributed by atoms with Gasteiger partial charge in [0.25, 0.3) is 5.91 Å². The van der Waals surface area contributed by atoms with Crippen molar-refractivity contribution >= 4 is 62.1 Å². The van der Waals surface area contributed by atoms with E-state index < -0.39 is 0 Å². The molecule has 2 heterocycles. The third-order valence-electron chi connectivity index (χ3n) is 4.13. The molecule has 0 saturated carbocycles. The van der Waals surface area contributed by atoms with Crippen molar-refractivity contribution in [3.05, 3.63) is 74.8 Å². The Morgan fingerprint density at radius 2 is 2.00 bits per heavy atom. The molecule has 0 unspecified atom stereocenters. The fraction of sp³-hybridized carbons (Fsp3) is 0.0909. The summed E-state index contributed by atoms with van der Waals surface area (Å²) < 4.78 is 12.1. The number of amidine groups is 1. The molecule has 1 fully saturated rings. The van der Waals surface area contributed by atoms with Gasteiger partial charge in [-0.2, -0.15) is 0 Å². The zero-order valence-electron chi connectivity index (χ0n) is 15.8. The number of amides is 1. The maximum atomic E-state index is 12.3. The zero-order chi connectivity index (χ0) is 21.1. The number of hydrogen-bond donors (Lipinski definition) is 1. The van der Waals surface area contributed by atoms with Crippen LogP contribution in [0.25, 0.3) is 17.4 Å². The van der Waals surface area contributed by atoms with E-state index in [1.54, 1.807) is 6.08 Å². The normalized spacial score (nSPS) is 16.3. The fourth-order valence-electron chi connectivity index (χ4n) is 2.75. The van der Waals surface area contributed by atoms with Crippen LogP contribution in [0.5, 0.6) is 5.75 Å². The average molecular weight is 504 g/mol. The van der Waals surface area contributed by atoms with Crippen LogP contribution >= 0.6 is 39.3 Å². The lowest BCUT2D eigenvalue weighted by atomic mass is 10.2. The van der Waals surface area contributed by atoms with Gasteiger partial charge in [0, 0.05) is 16.1 Å². The van der Waals surface area contributed by atoms with E-state index in [2.05, 4.69) is 26.2 Å². The average Bonchev–Trinajstić information content (AvgIpc) is 3.33. The van der Waals surface area contributed by atoms with Crippen molar-refractivity contribution in [3.63, 3.8) is 0 Å². The molecule has 3 aromatic rings. The minimum absolute atomic E-state index is 0.214. The number of ether oxygens (including phenoxy) is 1. The van der Waals surface area contributed by atoms with E-state index in [-0.39, 0.29) is 5.91 Å². The maximum absolute atomic E-state index is 12.3. The van der Waals surface area contributed by atoms with Crippen molar-refractivity contribution < 1.29 is 13.9 Å². The third-order valence-corrected chi connectivity index (χ3v) is 6.28. The molecule has 1 amide bonds. The van der Waals surface area contributed by atoms with Crippen LogP contribution in [0.15, 0.2) is 73.4 Å². The molecule has 4 rings (SSSR count). The molecule has 1 saturated heterocycles. The standard InChI is InChI=1S/C22H16BrClN2O3S/c1-2-28-15-6-4-14(5-7-15)25-22-26-21(27)20(30-22)12-16-8-10-19(29-16)13-3-9-17(23)18(24)11-13/h3-12H,2H2,1H3,(H,25,26,27)/b20-12+. The number of halogens is 2. The number of hydrogen-bond acceptors (Lipinski definition) is 5. The Balaban J connectivity index is 1.50. The second-order valence-corrected chi connectivity index (χ2v) is 8.53. The summed E-state index contributed by atoms with van der Waals surface area (Å²) in [5.74, 6) is 1.81. The van der Waals surface area contributed by atoms with Gasteiger partial charge in [0.05, 0.1) is 22.2 Å². The van der Waals surface area contributed by atoms with Gasteiger partial charge in [-0.05, 0) is 83.1 Å². The number of benzene rings is 2. The Morgan fingerprint density at radius 1 is 1.20 bits per heavy atom. The first-order valence-corrected chi connectivity index (χ1v) is 11.1. The monoisotopic (exact) mass is 502 g/mol. The van der Waals surface area contributed by atoms with Crippen LogP contribution in [-0.4, -0.2) is 17.7 Å². The van der Waals surface area contributed by atoms with Gasteiger partial charge in [-0.25, -0.2) is 4.99 Å². The molecule has 0 bridgehead atoms. The number of nitrogens with zero attached hydrogens (tertiary/aromatic N) is 1. The van der Waals surface area contributed by atoms with E-state index in [1.165, 1.54) is 11.8 Å². The van der Waals surface area contributed by atoms with Crippen molar-refractivity contribution in [2.45, 2.75) is 6.92 Å². The highest BCUT2D eigenvalue weighted by atomic mass is 79.9. The molecule has 2 aromatic carbocycles. The highest BCUT2D eigenvalue weighted by Crippen LogP contribution is 2.32. The predicted molar refractivity (Wildman–Crippen MR) is 125 cm³/mol. The van der Waals surface area contributed by atoms with Crippen LogP contribution in [0.3, 0.4) is 0 Å². The van der Waals surface area contributed by atoms with Crippen molar-refractivity contribution in [1.29, 1.82) is 0 Å². The van der Waals surface area contributed by atoms with Crippen LogP contribution < -0.4 is 10.1 Å². The largest absolute Gasteiger partial charge is 0.494 e. The number of nitrogens with one attached hydrogen (secondary N) is 1. The number of carbonyl (C=O) groups is 1. The first-order chi connectivity index (χ1) is 14.5. The van der Waals surface area contributed by atoms with Gasteiger partial charge in [0.15, 0.2) is 5.17 Å². The fourth-order valence-corrected chi connectivity index (χ4v) is 3.99. The maximum Gasteiger partial charge on any atom is 0.264 e. The zero-order valence-corrected chi connectivity index (χ0v) is 19.0. The topological polar surface area (TPSA) is 63.8 Å². The van der Waals surface area contributed by atoms with E-state index >= 15 is 0 Å². The summed E-state index contributed by atoms with van der Waals surface area (Å²) in [5, 5.41) is 3.89. The Labute approximate surface area is 191 Å². The molecule has 30 heavy (non-hydrogen) atoms. The number of thioether (sulfide) groups is 1. The van der Waals surface area contributed by atoms with E-state index in [0.717, 1.165) is 21.5 Å². The van der Waals surface area contributed by atoms with Crippen molar-refractivity contribution in [3.8, 4) is 17.1 Å². The van der Waals surface area contributed by atoms with Gasteiger partial charge in [-0.3, -0.25) is 4.79 Å². The van der Waals surface area contributed by atoms with Gasteiger partial charge in [-0.15, -0.1) is 0 Å². The molecule has 5 nitrogen and oxygen atoms in total. The third kappa shape index (κ3) is 4.80. The van der Waals surface area contributed by atoms with Gasteiger partial charge in [-0.1, -0.05) is 17.7 Å². The molecule has 152 valence electrons. The molecule has 1 aliphatic rings. The summed E-state index contributed by atoms with van der Waals surface area (Å²) in [5.41, 5.74) is 1.59. The summed E-state index contributed by atoms with van der Waals surface area (Å²) in [4.78, 5) is 17.3. The van der Waals surface area contributed by atoms with Gasteiger partial charge in [0.2, 0.25) is 0 Å². The molecular formula is C22H16BrClN2O3S. The summed E-state index contributed by atoms with van der Waals surface area (Å²) >= 11 is 10.8. The number of furan rings is 1. The van der Waals surface area contributed by atoms with Crippen LogP contribution in [0.2, 0.25) is 5.02 Å². The molecule has 0 aliphatic carbocycles. The molecule has 8 heteroatoms. The van der Waals surface area contributed by atoms with Crippen molar-refractivity contribution in [2.24, 2.45) is 4.99 Å². The number of carbonyl (C=O) groups excluding carboxylic acids is 1. The molecule has 1 aromatic heterocycles. The summed E-state index contributed by atoms with van der Waals surface area (Å²) in [7, 11) is 0. The smallest absolute Gasteiger partial charge is 0.264 e. The lowest BCUT2D eigenvalue weighted by Gasteiger charge is -2.02.